The molecule has 0 radical (unpaired) electrons. The zero-order valence-electron chi connectivity index (χ0n) is 19.2. The molecule has 0 aromatic heterocycles. The van der Waals surface area contributed by atoms with E-state index in [2.05, 4.69) is 24.5 Å². The quantitative estimate of drug-likeness (QED) is 0.713. The molecule has 2 aliphatic rings. The Morgan fingerprint density at radius 3 is 2.35 bits per heavy atom. The molecule has 1 heterocycles. The lowest BCUT2D eigenvalue weighted by atomic mass is 9.87. The van der Waals surface area contributed by atoms with E-state index in [4.69, 9.17) is 0 Å². The molecule has 3 amide bonds. The molecule has 0 spiro atoms. The molecule has 1 aromatic rings. The standard InChI is InChI=1S/C25H37N3O3/c1-17-13-18(2)16-28(15-17)25(31)21-11-7-8-12-22(21)27-24(30)19(3)26-23(29)14-20-9-5-4-6-10-20/h7-8,11-12,17-20H,4-6,9-10,13-16H2,1-3H3,(H,26,29)(H,27,30). The normalized spacial score (nSPS) is 23.1. The Hall–Kier alpha value is -2.37. The summed E-state index contributed by atoms with van der Waals surface area (Å²) in [7, 11) is 0. The molecule has 6 nitrogen and oxygen atoms in total. The Morgan fingerprint density at radius 1 is 1.03 bits per heavy atom. The number of para-hydroxylation sites is 1. The summed E-state index contributed by atoms with van der Waals surface area (Å²) < 4.78 is 0. The van der Waals surface area contributed by atoms with Crippen molar-refractivity contribution in [3.63, 3.8) is 0 Å². The molecule has 1 saturated carbocycles. The Balaban J connectivity index is 1.59. The highest BCUT2D eigenvalue weighted by molar-refractivity contribution is 6.05. The summed E-state index contributed by atoms with van der Waals surface area (Å²) >= 11 is 0. The van der Waals surface area contributed by atoms with Gasteiger partial charge in [-0.2, -0.15) is 0 Å². The van der Waals surface area contributed by atoms with Gasteiger partial charge in [0.25, 0.3) is 5.91 Å². The Labute approximate surface area is 186 Å². The van der Waals surface area contributed by atoms with E-state index >= 15 is 0 Å². The number of likely N-dealkylation sites (tertiary alicyclic amines) is 1. The van der Waals surface area contributed by atoms with Gasteiger partial charge >= 0.3 is 0 Å². The molecule has 1 aliphatic carbocycles. The van der Waals surface area contributed by atoms with Crippen molar-refractivity contribution in [1.82, 2.24) is 10.2 Å². The van der Waals surface area contributed by atoms with Gasteiger partial charge in [0.15, 0.2) is 0 Å². The molecule has 1 saturated heterocycles. The molecule has 3 rings (SSSR count). The first kappa shape index (κ1) is 23.3. The van der Waals surface area contributed by atoms with Gasteiger partial charge in [0.05, 0.1) is 11.3 Å². The fraction of sp³-hybridized carbons (Fsp3) is 0.640. The Kier molecular flexibility index (Phi) is 8.10. The lowest BCUT2D eigenvalue weighted by Crippen LogP contribution is -2.44. The van der Waals surface area contributed by atoms with Crippen molar-refractivity contribution in [1.29, 1.82) is 0 Å². The lowest BCUT2D eigenvalue weighted by Gasteiger charge is -2.35. The highest BCUT2D eigenvalue weighted by Gasteiger charge is 2.28. The van der Waals surface area contributed by atoms with Crippen molar-refractivity contribution in [2.24, 2.45) is 17.8 Å². The van der Waals surface area contributed by atoms with Gasteiger partial charge in [0.2, 0.25) is 11.8 Å². The maximum atomic E-state index is 13.2. The van der Waals surface area contributed by atoms with Crippen molar-refractivity contribution in [2.75, 3.05) is 18.4 Å². The minimum atomic E-state index is -0.658. The first-order valence-electron chi connectivity index (χ1n) is 11.8. The Bertz CT molecular complexity index is 778. The third-order valence-corrected chi connectivity index (χ3v) is 6.54. The molecular weight excluding hydrogens is 390 g/mol. The van der Waals surface area contributed by atoms with Gasteiger partial charge in [-0.25, -0.2) is 0 Å². The number of nitrogens with zero attached hydrogens (tertiary/aromatic N) is 1. The van der Waals surface area contributed by atoms with Crippen molar-refractivity contribution in [2.45, 2.75) is 71.8 Å². The van der Waals surface area contributed by atoms with Crippen LogP contribution >= 0.6 is 0 Å². The fourth-order valence-electron chi connectivity index (χ4n) is 5.04. The van der Waals surface area contributed by atoms with Crippen LogP contribution in [0.2, 0.25) is 0 Å². The van der Waals surface area contributed by atoms with E-state index in [9.17, 15) is 14.4 Å². The number of carbonyl (C=O) groups excluding carboxylic acids is 3. The van der Waals surface area contributed by atoms with Crippen LogP contribution in [-0.2, 0) is 9.59 Å². The largest absolute Gasteiger partial charge is 0.345 e. The lowest BCUT2D eigenvalue weighted by molar-refractivity contribution is -0.127. The molecule has 3 atom stereocenters. The monoisotopic (exact) mass is 427 g/mol. The van der Waals surface area contributed by atoms with Gasteiger partial charge in [0.1, 0.15) is 6.04 Å². The molecule has 6 heteroatoms. The predicted octanol–water partition coefficient (Wildman–Crippen LogP) is 4.22. The number of carbonyl (C=O) groups is 3. The molecule has 170 valence electrons. The van der Waals surface area contributed by atoms with Crippen LogP contribution in [0, 0.1) is 17.8 Å². The summed E-state index contributed by atoms with van der Waals surface area (Å²) in [6, 6.07) is 6.47. The summed E-state index contributed by atoms with van der Waals surface area (Å²) in [6.45, 7) is 7.49. The van der Waals surface area contributed by atoms with Gasteiger partial charge in [-0.1, -0.05) is 45.2 Å². The number of rotatable bonds is 6. The van der Waals surface area contributed by atoms with E-state index in [1.807, 2.05) is 11.0 Å². The van der Waals surface area contributed by atoms with Crippen LogP contribution < -0.4 is 10.6 Å². The minimum absolute atomic E-state index is 0.0525. The van der Waals surface area contributed by atoms with E-state index in [1.54, 1.807) is 25.1 Å². The molecule has 3 unspecified atom stereocenters. The van der Waals surface area contributed by atoms with Gasteiger partial charge in [0, 0.05) is 19.5 Å². The van der Waals surface area contributed by atoms with E-state index in [-0.39, 0.29) is 17.7 Å². The highest BCUT2D eigenvalue weighted by atomic mass is 16.2. The average molecular weight is 428 g/mol. The van der Waals surface area contributed by atoms with Crippen molar-refractivity contribution in [3.05, 3.63) is 29.8 Å². The van der Waals surface area contributed by atoms with Crippen molar-refractivity contribution >= 4 is 23.4 Å². The first-order chi connectivity index (χ1) is 14.8. The summed E-state index contributed by atoms with van der Waals surface area (Å²) in [5.41, 5.74) is 0.995. The van der Waals surface area contributed by atoms with E-state index in [0.717, 1.165) is 32.4 Å². The topological polar surface area (TPSA) is 78.5 Å². The van der Waals surface area contributed by atoms with E-state index in [1.165, 1.54) is 19.3 Å². The minimum Gasteiger partial charge on any atom is -0.345 e. The van der Waals surface area contributed by atoms with Gasteiger partial charge in [-0.3, -0.25) is 14.4 Å². The van der Waals surface area contributed by atoms with E-state index < -0.39 is 6.04 Å². The molecule has 31 heavy (non-hydrogen) atoms. The third kappa shape index (κ3) is 6.55. The maximum Gasteiger partial charge on any atom is 0.255 e. The number of piperidine rings is 1. The van der Waals surface area contributed by atoms with Crippen molar-refractivity contribution in [3.8, 4) is 0 Å². The molecule has 0 bridgehead atoms. The first-order valence-corrected chi connectivity index (χ1v) is 11.8. The zero-order valence-corrected chi connectivity index (χ0v) is 19.2. The van der Waals surface area contributed by atoms with Crippen LogP contribution in [-0.4, -0.2) is 41.8 Å². The molecule has 1 aliphatic heterocycles. The summed E-state index contributed by atoms with van der Waals surface area (Å²) in [5.74, 6) is 0.926. The second kappa shape index (κ2) is 10.8. The SMILES string of the molecule is CC1CC(C)CN(C(=O)c2ccccc2NC(=O)C(C)NC(=O)CC2CCCCC2)C1. The van der Waals surface area contributed by atoms with Crippen LogP contribution in [0.5, 0.6) is 0 Å². The molecule has 2 N–H and O–H groups in total. The van der Waals surface area contributed by atoms with Gasteiger partial charge in [-0.15, -0.1) is 0 Å². The summed E-state index contributed by atoms with van der Waals surface area (Å²) in [6.07, 6.45) is 7.43. The number of nitrogens with one attached hydrogen (secondary N) is 2. The second-order valence-electron chi connectivity index (χ2n) is 9.69. The zero-order chi connectivity index (χ0) is 22.4. The summed E-state index contributed by atoms with van der Waals surface area (Å²) in [5, 5.41) is 5.69. The van der Waals surface area contributed by atoms with Crippen LogP contribution in [0.1, 0.15) is 76.1 Å². The van der Waals surface area contributed by atoms with Crippen LogP contribution in [0.15, 0.2) is 24.3 Å². The molecular formula is C25H37N3O3. The predicted molar refractivity (Wildman–Crippen MR) is 123 cm³/mol. The second-order valence-corrected chi connectivity index (χ2v) is 9.69. The van der Waals surface area contributed by atoms with Crippen LogP contribution in [0.4, 0.5) is 5.69 Å². The number of hydrogen-bond donors (Lipinski definition) is 2. The summed E-state index contributed by atoms with van der Waals surface area (Å²) in [4.78, 5) is 40.2. The van der Waals surface area contributed by atoms with Gasteiger partial charge < -0.3 is 15.5 Å². The Morgan fingerprint density at radius 2 is 1.68 bits per heavy atom. The molecule has 1 aromatic carbocycles. The van der Waals surface area contributed by atoms with Crippen LogP contribution in [0.3, 0.4) is 0 Å². The number of anilines is 1. The fourth-order valence-corrected chi connectivity index (χ4v) is 5.04. The van der Waals surface area contributed by atoms with Gasteiger partial charge in [-0.05, 0) is 56.1 Å². The van der Waals surface area contributed by atoms with Crippen molar-refractivity contribution < 1.29 is 14.4 Å². The van der Waals surface area contributed by atoms with Crippen LogP contribution in [0.25, 0.3) is 0 Å². The maximum absolute atomic E-state index is 13.2. The third-order valence-electron chi connectivity index (χ3n) is 6.54. The number of hydrogen-bond acceptors (Lipinski definition) is 3. The van der Waals surface area contributed by atoms with E-state index in [0.29, 0.717) is 35.4 Å². The average Bonchev–Trinajstić information content (AvgIpc) is 2.73. The number of benzene rings is 1. The smallest absolute Gasteiger partial charge is 0.255 e. The highest BCUT2D eigenvalue weighted by Crippen LogP contribution is 2.27. The number of amides is 3. The molecule has 2 fully saturated rings.